The second kappa shape index (κ2) is 2.67. The van der Waals surface area contributed by atoms with Crippen LogP contribution in [0.4, 0.5) is 0 Å². The van der Waals surface area contributed by atoms with Crippen LogP contribution in [0.1, 0.15) is 26.7 Å². The maximum Gasteiger partial charge on any atom is 0.0731 e. The van der Waals surface area contributed by atoms with E-state index in [-0.39, 0.29) is 16.2 Å². The molecule has 0 amide bonds. The lowest BCUT2D eigenvalue weighted by Crippen LogP contribution is -2.48. The maximum absolute atomic E-state index is 9.34. The Labute approximate surface area is 89.3 Å². The van der Waals surface area contributed by atoms with Crippen molar-refractivity contribution in [3.05, 3.63) is 0 Å². The first kappa shape index (κ1) is 9.87. The molecule has 0 aromatic carbocycles. The van der Waals surface area contributed by atoms with Gasteiger partial charge < -0.3 is 0 Å². The van der Waals surface area contributed by atoms with E-state index in [0.717, 1.165) is 24.3 Å². The van der Waals surface area contributed by atoms with Gasteiger partial charge in [0, 0.05) is 16.9 Å². The van der Waals surface area contributed by atoms with Gasteiger partial charge in [0.25, 0.3) is 0 Å². The van der Waals surface area contributed by atoms with E-state index in [0.29, 0.717) is 0 Å². The Bertz CT molecular complexity index is 317. The molecule has 0 radical (unpaired) electrons. The quantitative estimate of drug-likeness (QED) is 0.612. The fourth-order valence-corrected chi connectivity index (χ4v) is 4.81. The molecule has 2 fully saturated rings. The fraction of sp³-hybridized carbons (Fsp3) is 0.818. The molecule has 1 heterocycles. The van der Waals surface area contributed by atoms with Gasteiger partial charge in [-0.1, -0.05) is 13.8 Å². The number of nitrogens with zero attached hydrogens (tertiary/aromatic N) is 2. The van der Waals surface area contributed by atoms with Crippen molar-refractivity contribution in [2.24, 2.45) is 16.2 Å². The van der Waals surface area contributed by atoms with E-state index in [1.807, 2.05) is 0 Å². The molecule has 14 heavy (non-hydrogen) atoms. The van der Waals surface area contributed by atoms with E-state index >= 15 is 0 Å². The first-order valence-electron chi connectivity index (χ1n) is 4.94. The number of rotatable bonds is 0. The number of fused-ring (bicyclic) bond motifs is 2. The normalized spacial score (nSPS) is 44.0. The zero-order valence-corrected chi connectivity index (χ0v) is 9.45. The third-order valence-corrected chi connectivity index (χ3v) is 5.89. The molecule has 3 heteroatoms. The van der Waals surface area contributed by atoms with E-state index in [2.05, 4.69) is 26.0 Å². The smallest absolute Gasteiger partial charge is 0.0731 e. The van der Waals surface area contributed by atoms with Crippen LogP contribution in [0, 0.1) is 38.9 Å². The summed E-state index contributed by atoms with van der Waals surface area (Å²) in [6.07, 6.45) is 1.80. The Hall–Kier alpha value is -0.670. The molecule has 74 valence electrons. The Kier molecular flexibility index (Phi) is 1.88. The molecular formula is C11H14N2S. The third-order valence-electron chi connectivity index (χ3n) is 4.50. The SMILES string of the molecule is CC1(C)[C@@]2(C#N)CC[C@@]1(C#N)CSC2. The second-order valence-corrected chi connectivity index (χ2v) is 5.99. The molecule has 1 aliphatic heterocycles. The summed E-state index contributed by atoms with van der Waals surface area (Å²) in [6, 6.07) is 4.97. The first-order valence-corrected chi connectivity index (χ1v) is 6.09. The number of hydrogen-bond acceptors (Lipinski definition) is 3. The Morgan fingerprint density at radius 3 is 1.79 bits per heavy atom. The summed E-state index contributed by atoms with van der Waals surface area (Å²) in [6.45, 7) is 4.21. The second-order valence-electron chi connectivity index (χ2n) is 5.01. The van der Waals surface area contributed by atoms with Gasteiger partial charge in [-0.2, -0.15) is 22.3 Å². The van der Waals surface area contributed by atoms with Crippen molar-refractivity contribution in [3.63, 3.8) is 0 Å². The van der Waals surface area contributed by atoms with E-state index in [1.165, 1.54) is 0 Å². The number of thioether (sulfide) groups is 1. The predicted octanol–water partition coefficient (Wildman–Crippen LogP) is 2.57. The topological polar surface area (TPSA) is 47.6 Å². The summed E-state index contributed by atoms with van der Waals surface area (Å²) in [5.41, 5.74) is -0.661. The molecule has 2 bridgehead atoms. The standard InChI is InChI=1S/C11H14N2S/c1-9(2)10(5-12)3-4-11(9,6-13)8-14-7-10/h3-4,7-8H2,1-2H3/t10-,11-/m1/s1. The lowest BCUT2D eigenvalue weighted by atomic mass is 9.60. The van der Waals surface area contributed by atoms with Crippen LogP contribution in [0.15, 0.2) is 0 Å². The molecule has 0 spiro atoms. The molecule has 0 aromatic rings. The molecule has 2 aliphatic rings. The summed E-state index contributed by atoms with van der Waals surface area (Å²) >= 11 is 1.78. The predicted molar refractivity (Wildman–Crippen MR) is 56.4 cm³/mol. The minimum Gasteiger partial charge on any atom is -0.198 e. The highest BCUT2D eigenvalue weighted by atomic mass is 32.2. The van der Waals surface area contributed by atoms with Crippen LogP contribution in [0.5, 0.6) is 0 Å². The van der Waals surface area contributed by atoms with Gasteiger partial charge in [0.05, 0.1) is 23.0 Å². The molecule has 2 atom stereocenters. The zero-order valence-electron chi connectivity index (χ0n) is 8.63. The van der Waals surface area contributed by atoms with Gasteiger partial charge in [-0.3, -0.25) is 0 Å². The van der Waals surface area contributed by atoms with Crippen molar-refractivity contribution in [1.82, 2.24) is 0 Å². The van der Waals surface area contributed by atoms with E-state index in [1.54, 1.807) is 11.8 Å². The maximum atomic E-state index is 9.34. The molecule has 2 nitrogen and oxygen atoms in total. The van der Waals surface area contributed by atoms with Gasteiger partial charge in [0.15, 0.2) is 0 Å². The molecule has 0 unspecified atom stereocenters. The summed E-state index contributed by atoms with van der Waals surface area (Å²) in [7, 11) is 0. The molecule has 2 rings (SSSR count). The average Bonchev–Trinajstić information content (AvgIpc) is 2.36. The minimum atomic E-state index is -0.258. The summed E-state index contributed by atoms with van der Waals surface area (Å²) in [5.74, 6) is 1.81. The third kappa shape index (κ3) is 0.823. The lowest BCUT2D eigenvalue weighted by Gasteiger charge is -2.47. The fourth-order valence-electron chi connectivity index (χ4n) is 2.87. The van der Waals surface area contributed by atoms with Crippen LogP contribution >= 0.6 is 11.8 Å². The van der Waals surface area contributed by atoms with E-state index < -0.39 is 0 Å². The zero-order chi connectivity index (χ0) is 10.4. The van der Waals surface area contributed by atoms with Crippen molar-refractivity contribution in [2.45, 2.75) is 26.7 Å². The summed E-state index contributed by atoms with van der Waals surface area (Å²) in [5, 5.41) is 18.7. The van der Waals surface area contributed by atoms with Crippen LogP contribution in [0.2, 0.25) is 0 Å². The number of nitriles is 2. The van der Waals surface area contributed by atoms with Crippen LogP contribution in [0.3, 0.4) is 0 Å². The van der Waals surface area contributed by atoms with Gasteiger partial charge in [-0.05, 0) is 12.8 Å². The molecule has 1 saturated carbocycles. The van der Waals surface area contributed by atoms with E-state index in [9.17, 15) is 10.5 Å². The number of hydrogen-bond donors (Lipinski definition) is 0. The van der Waals surface area contributed by atoms with E-state index in [4.69, 9.17) is 0 Å². The molecule has 0 N–H and O–H groups in total. The van der Waals surface area contributed by atoms with Crippen LogP contribution in [-0.4, -0.2) is 11.5 Å². The van der Waals surface area contributed by atoms with Crippen molar-refractivity contribution in [3.8, 4) is 12.1 Å². The largest absolute Gasteiger partial charge is 0.198 e. The first-order chi connectivity index (χ1) is 6.54. The van der Waals surface area contributed by atoms with Crippen molar-refractivity contribution in [1.29, 1.82) is 10.5 Å². The Morgan fingerprint density at radius 2 is 1.43 bits per heavy atom. The van der Waals surface area contributed by atoms with Crippen LogP contribution in [0.25, 0.3) is 0 Å². The van der Waals surface area contributed by atoms with Gasteiger partial charge in [0.1, 0.15) is 0 Å². The van der Waals surface area contributed by atoms with Gasteiger partial charge in [0.2, 0.25) is 0 Å². The van der Waals surface area contributed by atoms with Crippen molar-refractivity contribution >= 4 is 11.8 Å². The summed E-state index contributed by atoms with van der Waals surface area (Å²) < 4.78 is 0. The monoisotopic (exact) mass is 206 g/mol. The van der Waals surface area contributed by atoms with Gasteiger partial charge in [-0.15, -0.1) is 0 Å². The highest BCUT2D eigenvalue weighted by molar-refractivity contribution is 7.99. The molecule has 1 saturated heterocycles. The summed E-state index contributed by atoms with van der Waals surface area (Å²) in [4.78, 5) is 0. The Morgan fingerprint density at radius 1 is 1.00 bits per heavy atom. The lowest BCUT2D eigenvalue weighted by molar-refractivity contribution is 0.105. The molecule has 1 aliphatic carbocycles. The van der Waals surface area contributed by atoms with Crippen molar-refractivity contribution in [2.75, 3.05) is 11.5 Å². The molecule has 0 aromatic heterocycles. The Balaban J connectivity index is 2.55. The average molecular weight is 206 g/mol. The highest BCUT2D eigenvalue weighted by Gasteiger charge is 2.65. The van der Waals surface area contributed by atoms with Gasteiger partial charge in [-0.25, -0.2) is 0 Å². The van der Waals surface area contributed by atoms with Crippen LogP contribution in [-0.2, 0) is 0 Å². The van der Waals surface area contributed by atoms with Crippen LogP contribution < -0.4 is 0 Å². The molecular weight excluding hydrogens is 192 g/mol. The minimum absolute atomic E-state index is 0.144. The van der Waals surface area contributed by atoms with Crippen molar-refractivity contribution < 1.29 is 0 Å². The van der Waals surface area contributed by atoms with Gasteiger partial charge >= 0.3 is 0 Å². The highest BCUT2D eigenvalue weighted by Crippen LogP contribution is 2.67.